The number of hydrogen-bond donors (Lipinski definition) is 1. The minimum atomic E-state index is 0.0718. The molecule has 0 bridgehead atoms. The van der Waals surface area contributed by atoms with E-state index in [1.54, 1.807) is 11.3 Å². The van der Waals surface area contributed by atoms with Gasteiger partial charge in [-0.25, -0.2) is 0 Å². The standard InChI is InChI=1S/C17H29NOS/c1-5-15(18)16(17-13(4)6-7-20-17)19-14-9-11(2)8-12(3)10-14/h6-7,11-12,14-16H,5,8-10,18H2,1-4H3. The van der Waals surface area contributed by atoms with Crippen LogP contribution in [0.5, 0.6) is 0 Å². The van der Waals surface area contributed by atoms with E-state index in [1.807, 2.05) is 0 Å². The highest BCUT2D eigenvalue weighted by atomic mass is 32.1. The van der Waals surface area contributed by atoms with Gasteiger partial charge in [0.05, 0.1) is 6.10 Å². The van der Waals surface area contributed by atoms with Crippen molar-refractivity contribution in [2.45, 2.75) is 71.6 Å². The molecule has 1 aliphatic carbocycles. The summed E-state index contributed by atoms with van der Waals surface area (Å²) in [5.74, 6) is 1.54. The van der Waals surface area contributed by atoms with Crippen LogP contribution in [0.1, 0.15) is 63.0 Å². The van der Waals surface area contributed by atoms with E-state index in [0.29, 0.717) is 6.10 Å². The van der Waals surface area contributed by atoms with Crippen LogP contribution in [-0.4, -0.2) is 12.1 Å². The molecule has 114 valence electrons. The predicted octanol–water partition coefficient (Wildman–Crippen LogP) is 4.68. The van der Waals surface area contributed by atoms with E-state index in [1.165, 1.54) is 29.7 Å². The van der Waals surface area contributed by atoms with Crippen molar-refractivity contribution in [3.63, 3.8) is 0 Å². The molecule has 0 aromatic carbocycles. The summed E-state index contributed by atoms with van der Waals surface area (Å²) in [6.07, 6.45) is 5.10. The smallest absolute Gasteiger partial charge is 0.107 e. The molecule has 1 fully saturated rings. The Hall–Kier alpha value is -0.380. The summed E-state index contributed by atoms with van der Waals surface area (Å²) in [6, 6.07) is 2.27. The third kappa shape index (κ3) is 3.84. The number of ether oxygens (including phenoxy) is 1. The first-order valence-electron chi connectivity index (χ1n) is 7.96. The molecular formula is C17H29NOS. The average Bonchev–Trinajstić information content (AvgIpc) is 2.80. The van der Waals surface area contributed by atoms with Gasteiger partial charge in [0.15, 0.2) is 0 Å². The second-order valence-corrected chi connectivity index (χ2v) is 7.58. The van der Waals surface area contributed by atoms with Gasteiger partial charge in [0.2, 0.25) is 0 Å². The van der Waals surface area contributed by atoms with Crippen LogP contribution in [-0.2, 0) is 4.74 Å². The van der Waals surface area contributed by atoms with Crippen molar-refractivity contribution in [1.29, 1.82) is 0 Å². The van der Waals surface area contributed by atoms with Gasteiger partial charge in [-0.05, 0) is 61.5 Å². The van der Waals surface area contributed by atoms with Crippen molar-refractivity contribution in [3.8, 4) is 0 Å². The molecule has 0 saturated heterocycles. The summed E-state index contributed by atoms with van der Waals surface area (Å²) in [6.45, 7) is 9.00. The molecule has 4 atom stereocenters. The highest BCUT2D eigenvalue weighted by Crippen LogP contribution is 2.36. The van der Waals surface area contributed by atoms with Gasteiger partial charge in [0.1, 0.15) is 6.10 Å². The van der Waals surface area contributed by atoms with Crippen LogP contribution in [0.15, 0.2) is 11.4 Å². The van der Waals surface area contributed by atoms with E-state index < -0.39 is 0 Å². The van der Waals surface area contributed by atoms with Gasteiger partial charge in [-0.1, -0.05) is 20.8 Å². The molecule has 3 heteroatoms. The zero-order chi connectivity index (χ0) is 14.7. The van der Waals surface area contributed by atoms with Gasteiger partial charge in [-0.3, -0.25) is 0 Å². The predicted molar refractivity (Wildman–Crippen MR) is 87.1 cm³/mol. The Morgan fingerprint density at radius 2 is 1.95 bits per heavy atom. The summed E-state index contributed by atoms with van der Waals surface area (Å²) in [4.78, 5) is 1.32. The maximum Gasteiger partial charge on any atom is 0.107 e. The van der Waals surface area contributed by atoms with Crippen LogP contribution in [0.25, 0.3) is 0 Å². The fraction of sp³-hybridized carbons (Fsp3) is 0.765. The fourth-order valence-electron chi connectivity index (χ4n) is 3.44. The summed E-state index contributed by atoms with van der Waals surface area (Å²) in [5, 5.41) is 2.15. The number of thiophene rings is 1. The lowest BCUT2D eigenvalue weighted by Crippen LogP contribution is -2.35. The Morgan fingerprint density at radius 3 is 2.45 bits per heavy atom. The van der Waals surface area contributed by atoms with Crippen LogP contribution < -0.4 is 5.73 Å². The van der Waals surface area contributed by atoms with Gasteiger partial charge in [-0.15, -0.1) is 11.3 Å². The van der Waals surface area contributed by atoms with Crippen LogP contribution in [0.2, 0.25) is 0 Å². The Labute approximate surface area is 127 Å². The Morgan fingerprint density at radius 1 is 1.30 bits per heavy atom. The van der Waals surface area contributed by atoms with Crippen molar-refractivity contribution >= 4 is 11.3 Å². The quantitative estimate of drug-likeness (QED) is 0.856. The van der Waals surface area contributed by atoms with E-state index in [2.05, 4.69) is 39.1 Å². The summed E-state index contributed by atoms with van der Waals surface area (Å²) in [7, 11) is 0. The zero-order valence-corrected chi connectivity index (χ0v) is 14.1. The lowest BCUT2D eigenvalue weighted by molar-refractivity contribution is -0.0597. The highest BCUT2D eigenvalue weighted by molar-refractivity contribution is 7.10. The van der Waals surface area contributed by atoms with E-state index >= 15 is 0 Å². The highest BCUT2D eigenvalue weighted by Gasteiger charge is 2.30. The van der Waals surface area contributed by atoms with Crippen molar-refractivity contribution in [3.05, 3.63) is 21.9 Å². The molecule has 0 spiro atoms. The molecule has 1 aromatic rings. The lowest BCUT2D eigenvalue weighted by Gasteiger charge is -2.35. The van der Waals surface area contributed by atoms with E-state index in [4.69, 9.17) is 10.5 Å². The third-order valence-electron chi connectivity index (χ3n) is 4.49. The van der Waals surface area contributed by atoms with Crippen LogP contribution in [0.4, 0.5) is 0 Å². The minimum absolute atomic E-state index is 0.0718. The van der Waals surface area contributed by atoms with E-state index in [0.717, 1.165) is 18.3 Å². The van der Waals surface area contributed by atoms with Crippen LogP contribution >= 0.6 is 11.3 Å². The molecule has 1 saturated carbocycles. The Bertz CT molecular complexity index is 407. The van der Waals surface area contributed by atoms with Gasteiger partial charge >= 0.3 is 0 Å². The van der Waals surface area contributed by atoms with Gasteiger partial charge < -0.3 is 10.5 Å². The SMILES string of the molecule is CCC(N)C(OC1CC(C)CC(C)C1)c1sccc1C. The number of rotatable bonds is 5. The van der Waals surface area contributed by atoms with Gasteiger partial charge in [0, 0.05) is 10.9 Å². The topological polar surface area (TPSA) is 35.2 Å². The van der Waals surface area contributed by atoms with Crippen LogP contribution in [0.3, 0.4) is 0 Å². The second kappa shape index (κ2) is 7.06. The molecule has 20 heavy (non-hydrogen) atoms. The number of nitrogens with two attached hydrogens (primary N) is 1. The molecule has 2 rings (SSSR count). The Kier molecular flexibility index (Phi) is 5.65. The molecule has 1 aromatic heterocycles. The van der Waals surface area contributed by atoms with Crippen molar-refractivity contribution in [2.75, 3.05) is 0 Å². The van der Waals surface area contributed by atoms with E-state index in [-0.39, 0.29) is 12.1 Å². The minimum Gasteiger partial charge on any atom is -0.368 e. The van der Waals surface area contributed by atoms with E-state index in [9.17, 15) is 0 Å². The largest absolute Gasteiger partial charge is 0.368 e. The van der Waals surface area contributed by atoms with Crippen molar-refractivity contribution in [2.24, 2.45) is 17.6 Å². The van der Waals surface area contributed by atoms with Crippen LogP contribution in [0, 0.1) is 18.8 Å². The average molecular weight is 295 g/mol. The second-order valence-electron chi connectivity index (χ2n) is 6.64. The Balaban J connectivity index is 2.10. The first-order chi connectivity index (χ1) is 9.51. The molecule has 1 heterocycles. The van der Waals surface area contributed by atoms with Gasteiger partial charge in [-0.2, -0.15) is 0 Å². The molecule has 0 radical (unpaired) electrons. The molecule has 4 unspecified atom stereocenters. The molecule has 2 nitrogen and oxygen atoms in total. The maximum absolute atomic E-state index is 6.50. The number of aryl methyl sites for hydroxylation is 1. The first kappa shape index (κ1) is 16.0. The number of hydrogen-bond acceptors (Lipinski definition) is 3. The van der Waals surface area contributed by atoms with Crippen molar-refractivity contribution in [1.82, 2.24) is 0 Å². The third-order valence-corrected chi connectivity index (χ3v) is 5.58. The molecule has 2 N–H and O–H groups in total. The zero-order valence-electron chi connectivity index (χ0n) is 13.3. The van der Waals surface area contributed by atoms with Gasteiger partial charge in [0.25, 0.3) is 0 Å². The summed E-state index contributed by atoms with van der Waals surface area (Å²) < 4.78 is 6.50. The molecule has 0 amide bonds. The first-order valence-corrected chi connectivity index (χ1v) is 8.84. The summed E-state index contributed by atoms with van der Waals surface area (Å²) >= 11 is 1.79. The fourth-order valence-corrected chi connectivity index (χ4v) is 4.48. The molecular weight excluding hydrogens is 266 g/mol. The normalized spacial score (nSPS) is 30.1. The summed E-state index contributed by atoms with van der Waals surface area (Å²) in [5.41, 5.74) is 7.67. The maximum atomic E-state index is 6.50. The monoisotopic (exact) mass is 295 g/mol. The molecule has 1 aliphatic rings. The molecule has 0 aliphatic heterocycles. The lowest BCUT2D eigenvalue weighted by atomic mass is 9.81. The van der Waals surface area contributed by atoms with Crippen molar-refractivity contribution < 1.29 is 4.74 Å².